The molecule has 1 N–H and O–H groups in total. The van der Waals surface area contributed by atoms with Crippen LogP contribution in [0.2, 0.25) is 0 Å². The van der Waals surface area contributed by atoms with E-state index in [9.17, 15) is 9.59 Å². The molecule has 8 nitrogen and oxygen atoms in total. The number of hydrogen-bond donors (Lipinski definition) is 1. The van der Waals surface area contributed by atoms with Crippen LogP contribution >= 0.6 is 11.8 Å². The minimum atomic E-state index is -0.460. The van der Waals surface area contributed by atoms with E-state index in [1.807, 2.05) is 32.0 Å². The van der Waals surface area contributed by atoms with Gasteiger partial charge in [0.25, 0.3) is 0 Å². The highest BCUT2D eigenvalue weighted by molar-refractivity contribution is 7.99. The van der Waals surface area contributed by atoms with E-state index in [-0.39, 0.29) is 11.7 Å². The number of ether oxygens (including phenoxy) is 1. The normalized spacial score (nSPS) is 10.5. The van der Waals surface area contributed by atoms with Crippen LogP contribution < -0.4 is 5.32 Å². The molecule has 3 rings (SSSR count). The molecule has 28 heavy (non-hydrogen) atoms. The second-order valence-corrected chi connectivity index (χ2v) is 6.97. The number of methoxy groups -OCH3 is 1. The van der Waals surface area contributed by atoms with Crippen LogP contribution in [0.4, 0.5) is 5.69 Å². The number of rotatable bonds is 6. The van der Waals surface area contributed by atoms with Crippen molar-refractivity contribution in [2.45, 2.75) is 19.0 Å². The number of esters is 1. The van der Waals surface area contributed by atoms with Gasteiger partial charge >= 0.3 is 5.97 Å². The first-order valence-corrected chi connectivity index (χ1v) is 9.44. The van der Waals surface area contributed by atoms with Crippen molar-refractivity contribution < 1.29 is 14.3 Å². The summed E-state index contributed by atoms with van der Waals surface area (Å²) in [6.07, 6.45) is 0. The van der Waals surface area contributed by atoms with Crippen molar-refractivity contribution in [1.29, 1.82) is 0 Å². The predicted molar refractivity (Wildman–Crippen MR) is 106 cm³/mol. The van der Waals surface area contributed by atoms with E-state index < -0.39 is 5.97 Å². The summed E-state index contributed by atoms with van der Waals surface area (Å²) in [5.74, 6) is -0.574. The molecule has 0 radical (unpaired) electrons. The molecule has 3 aromatic rings. The largest absolute Gasteiger partial charge is 0.465 e. The number of benzene rings is 2. The second-order valence-electron chi connectivity index (χ2n) is 6.02. The number of anilines is 1. The Morgan fingerprint density at radius 2 is 1.86 bits per heavy atom. The fraction of sp³-hybridized carbons (Fsp3) is 0.211. The highest BCUT2D eigenvalue weighted by atomic mass is 32.2. The average molecular weight is 397 g/mol. The number of amides is 1. The zero-order chi connectivity index (χ0) is 20.1. The van der Waals surface area contributed by atoms with Crippen molar-refractivity contribution in [2.75, 3.05) is 18.2 Å². The van der Waals surface area contributed by atoms with Crippen LogP contribution in [0.3, 0.4) is 0 Å². The molecule has 144 valence electrons. The maximum atomic E-state index is 12.3. The molecule has 9 heteroatoms. The Bertz CT molecular complexity index is 998. The Hall–Kier alpha value is -3.20. The maximum absolute atomic E-state index is 12.3. The minimum Gasteiger partial charge on any atom is -0.465 e. The lowest BCUT2D eigenvalue weighted by atomic mass is 10.1. The molecule has 0 saturated heterocycles. The third-order valence-electron chi connectivity index (χ3n) is 3.99. The van der Waals surface area contributed by atoms with Crippen LogP contribution in [0.25, 0.3) is 5.69 Å². The molecule has 0 aliphatic rings. The highest BCUT2D eigenvalue weighted by Gasteiger charge is 2.15. The third kappa shape index (κ3) is 4.37. The number of nitrogens with zero attached hydrogens (tertiary/aromatic N) is 4. The summed E-state index contributed by atoms with van der Waals surface area (Å²) >= 11 is 1.23. The van der Waals surface area contributed by atoms with Gasteiger partial charge in [0, 0.05) is 5.69 Å². The molecule has 1 heterocycles. The summed E-state index contributed by atoms with van der Waals surface area (Å²) in [7, 11) is 1.31. The molecule has 0 atom stereocenters. The van der Waals surface area contributed by atoms with Gasteiger partial charge in [-0.3, -0.25) is 4.79 Å². The number of hydrogen-bond acceptors (Lipinski definition) is 7. The van der Waals surface area contributed by atoms with Crippen molar-refractivity contribution in [3.05, 3.63) is 59.2 Å². The van der Waals surface area contributed by atoms with E-state index in [0.29, 0.717) is 16.4 Å². The summed E-state index contributed by atoms with van der Waals surface area (Å²) in [6, 6.07) is 12.5. The number of aryl methyl sites for hydroxylation is 2. The number of tetrazole rings is 1. The number of carbonyl (C=O) groups is 2. The first-order chi connectivity index (χ1) is 13.5. The zero-order valence-electron chi connectivity index (χ0n) is 15.7. The summed E-state index contributed by atoms with van der Waals surface area (Å²) in [5.41, 5.74) is 3.87. The number of carbonyl (C=O) groups excluding carboxylic acids is 2. The Kier molecular flexibility index (Phi) is 6.05. The molecule has 0 spiro atoms. The van der Waals surface area contributed by atoms with Crippen LogP contribution in [-0.4, -0.2) is 44.9 Å². The number of nitrogens with one attached hydrogen (secondary N) is 1. The van der Waals surface area contributed by atoms with Gasteiger partial charge in [-0.05, 0) is 53.6 Å². The Labute approximate surface area is 166 Å². The van der Waals surface area contributed by atoms with E-state index in [1.54, 1.807) is 28.9 Å². The van der Waals surface area contributed by atoms with E-state index in [1.165, 1.54) is 18.9 Å². The van der Waals surface area contributed by atoms with E-state index in [2.05, 4.69) is 25.6 Å². The molecule has 2 aromatic carbocycles. The van der Waals surface area contributed by atoms with Crippen LogP contribution in [0.1, 0.15) is 21.5 Å². The smallest absolute Gasteiger partial charge is 0.337 e. The Morgan fingerprint density at radius 1 is 1.14 bits per heavy atom. The molecule has 0 bridgehead atoms. The molecule has 0 saturated carbocycles. The summed E-state index contributed by atoms with van der Waals surface area (Å²) in [6.45, 7) is 3.97. The van der Waals surface area contributed by atoms with Gasteiger partial charge in [0.2, 0.25) is 11.1 Å². The van der Waals surface area contributed by atoms with Gasteiger partial charge in [0.15, 0.2) is 0 Å². The van der Waals surface area contributed by atoms with Gasteiger partial charge in [-0.15, -0.1) is 5.10 Å². The average Bonchev–Trinajstić information content (AvgIpc) is 3.14. The topological polar surface area (TPSA) is 99.0 Å². The van der Waals surface area contributed by atoms with Crippen LogP contribution in [0.5, 0.6) is 0 Å². The van der Waals surface area contributed by atoms with Crippen LogP contribution in [0.15, 0.2) is 47.6 Å². The van der Waals surface area contributed by atoms with Gasteiger partial charge < -0.3 is 10.1 Å². The van der Waals surface area contributed by atoms with Crippen LogP contribution in [-0.2, 0) is 9.53 Å². The van der Waals surface area contributed by atoms with Gasteiger partial charge in [-0.25, -0.2) is 4.79 Å². The molecular formula is C19H19N5O3S. The molecule has 0 aliphatic heterocycles. The highest BCUT2D eigenvalue weighted by Crippen LogP contribution is 2.23. The lowest BCUT2D eigenvalue weighted by Crippen LogP contribution is -2.15. The third-order valence-corrected chi connectivity index (χ3v) is 4.91. The van der Waals surface area contributed by atoms with E-state index >= 15 is 0 Å². The number of thioether (sulfide) groups is 1. The van der Waals surface area contributed by atoms with Gasteiger partial charge in [0.05, 0.1) is 24.1 Å². The molecule has 1 aromatic heterocycles. The maximum Gasteiger partial charge on any atom is 0.337 e. The van der Waals surface area contributed by atoms with Gasteiger partial charge in [0.1, 0.15) is 0 Å². The monoisotopic (exact) mass is 397 g/mol. The first-order valence-electron chi connectivity index (χ1n) is 8.45. The standard InChI is InChI=1S/C19H19N5O3S/c1-12-6-4-7-13(2)17(12)24-19(21-22-23-24)28-11-16(25)20-15-9-5-8-14(10-15)18(26)27-3/h4-10H,11H2,1-3H3,(H,20,25). The molecule has 1 amide bonds. The first kappa shape index (κ1) is 19.6. The van der Waals surface area contributed by atoms with E-state index in [0.717, 1.165) is 16.8 Å². The summed E-state index contributed by atoms with van der Waals surface area (Å²) < 4.78 is 6.33. The van der Waals surface area contributed by atoms with Crippen molar-refractivity contribution >= 4 is 29.3 Å². The van der Waals surface area contributed by atoms with Crippen molar-refractivity contribution in [2.24, 2.45) is 0 Å². The number of aromatic nitrogens is 4. The van der Waals surface area contributed by atoms with Crippen molar-refractivity contribution in [3.8, 4) is 5.69 Å². The zero-order valence-corrected chi connectivity index (χ0v) is 16.5. The second kappa shape index (κ2) is 8.66. The Morgan fingerprint density at radius 3 is 2.57 bits per heavy atom. The van der Waals surface area contributed by atoms with Gasteiger partial charge in [-0.2, -0.15) is 4.68 Å². The van der Waals surface area contributed by atoms with Crippen molar-refractivity contribution in [3.63, 3.8) is 0 Å². The van der Waals surface area contributed by atoms with Gasteiger partial charge in [-0.1, -0.05) is 36.0 Å². The minimum absolute atomic E-state index is 0.119. The molecule has 0 unspecified atom stereocenters. The van der Waals surface area contributed by atoms with Crippen molar-refractivity contribution in [1.82, 2.24) is 20.2 Å². The molecular weight excluding hydrogens is 378 g/mol. The summed E-state index contributed by atoms with van der Waals surface area (Å²) in [5, 5.41) is 15.1. The van der Waals surface area contributed by atoms with E-state index in [4.69, 9.17) is 0 Å². The predicted octanol–water partition coefficient (Wildman–Crippen LogP) is 2.80. The number of para-hydroxylation sites is 1. The van der Waals surface area contributed by atoms with Crippen LogP contribution in [0, 0.1) is 13.8 Å². The fourth-order valence-corrected chi connectivity index (χ4v) is 3.39. The Balaban J connectivity index is 1.68. The molecule has 0 fully saturated rings. The quantitative estimate of drug-likeness (QED) is 0.504. The SMILES string of the molecule is COC(=O)c1cccc(NC(=O)CSc2nnnn2-c2c(C)cccc2C)c1. The fourth-order valence-electron chi connectivity index (χ4n) is 2.72. The lowest BCUT2D eigenvalue weighted by molar-refractivity contribution is -0.113. The summed E-state index contributed by atoms with van der Waals surface area (Å²) in [4.78, 5) is 23.9. The lowest BCUT2D eigenvalue weighted by Gasteiger charge is -2.10. The molecule has 0 aliphatic carbocycles.